The van der Waals surface area contributed by atoms with Crippen molar-refractivity contribution in [2.24, 2.45) is 11.7 Å². The molecule has 0 heterocycles. The molecule has 0 aliphatic heterocycles. The molecule has 0 aromatic heterocycles. The summed E-state index contributed by atoms with van der Waals surface area (Å²) < 4.78 is 27.6. The summed E-state index contributed by atoms with van der Waals surface area (Å²) in [6.07, 6.45) is 1.91. The summed E-state index contributed by atoms with van der Waals surface area (Å²) in [6.45, 7) is 3.52. The van der Waals surface area contributed by atoms with Gasteiger partial charge in [0.05, 0.1) is 9.82 Å². The van der Waals surface area contributed by atoms with Crippen molar-refractivity contribution in [3.05, 3.63) is 33.4 Å². The molecule has 124 valence electrons. The standard InChI is InChI=1S/C13H19N3O4S.ClH/c1-8-5-11(16(17)18)6-13(9(8)2)21(19,20)15-12(7-14)10-3-4-10;/h5-6,10,12,15H,3-4,7,14H2,1-2H3;1H. The summed E-state index contributed by atoms with van der Waals surface area (Å²) in [5, 5.41) is 10.9. The van der Waals surface area contributed by atoms with E-state index >= 15 is 0 Å². The molecule has 0 saturated heterocycles. The lowest BCUT2D eigenvalue weighted by molar-refractivity contribution is -0.385. The molecule has 1 fully saturated rings. The predicted octanol–water partition coefficient (Wildman–Crippen LogP) is 1.65. The Morgan fingerprint density at radius 2 is 2.00 bits per heavy atom. The highest BCUT2D eigenvalue weighted by Crippen LogP contribution is 2.33. The van der Waals surface area contributed by atoms with Crippen LogP contribution >= 0.6 is 12.4 Å². The van der Waals surface area contributed by atoms with E-state index in [4.69, 9.17) is 5.73 Å². The van der Waals surface area contributed by atoms with Crippen molar-refractivity contribution in [3.63, 3.8) is 0 Å². The lowest BCUT2D eigenvalue weighted by atomic mass is 10.1. The minimum atomic E-state index is -3.82. The average Bonchev–Trinajstić information content (AvgIpc) is 3.22. The maximum atomic E-state index is 12.5. The zero-order valence-corrected chi connectivity index (χ0v) is 14.0. The van der Waals surface area contributed by atoms with Gasteiger partial charge < -0.3 is 5.73 Å². The van der Waals surface area contributed by atoms with Gasteiger partial charge in [0.15, 0.2) is 0 Å². The van der Waals surface area contributed by atoms with Crippen LogP contribution < -0.4 is 10.5 Å². The van der Waals surface area contributed by atoms with Crippen LogP contribution in [-0.4, -0.2) is 25.9 Å². The van der Waals surface area contributed by atoms with Gasteiger partial charge in [0.1, 0.15) is 0 Å². The van der Waals surface area contributed by atoms with E-state index in [-0.39, 0.29) is 41.5 Å². The van der Waals surface area contributed by atoms with E-state index in [2.05, 4.69) is 4.72 Å². The molecule has 22 heavy (non-hydrogen) atoms. The molecule has 1 aromatic rings. The molecule has 0 bridgehead atoms. The highest BCUT2D eigenvalue weighted by molar-refractivity contribution is 7.89. The van der Waals surface area contributed by atoms with Crippen LogP contribution in [-0.2, 0) is 10.0 Å². The van der Waals surface area contributed by atoms with E-state index in [9.17, 15) is 18.5 Å². The fourth-order valence-corrected chi connectivity index (χ4v) is 3.95. The number of aryl methyl sites for hydroxylation is 1. The quantitative estimate of drug-likeness (QED) is 0.598. The van der Waals surface area contributed by atoms with Crippen molar-refractivity contribution in [2.45, 2.75) is 37.6 Å². The van der Waals surface area contributed by atoms with Crippen LogP contribution in [0.1, 0.15) is 24.0 Å². The second-order valence-corrected chi connectivity index (χ2v) is 7.13. The van der Waals surface area contributed by atoms with E-state index in [1.165, 1.54) is 6.07 Å². The first-order valence-corrected chi connectivity index (χ1v) is 8.22. The van der Waals surface area contributed by atoms with E-state index in [1.807, 2.05) is 0 Å². The topological polar surface area (TPSA) is 115 Å². The summed E-state index contributed by atoms with van der Waals surface area (Å²) in [5.74, 6) is 0.268. The van der Waals surface area contributed by atoms with E-state index < -0.39 is 14.9 Å². The third-order valence-electron chi connectivity index (χ3n) is 3.86. The Hall–Kier alpha value is -1.22. The Bertz CT molecular complexity index is 674. The molecule has 1 aliphatic rings. The third-order valence-corrected chi connectivity index (χ3v) is 5.47. The first kappa shape index (κ1) is 18.8. The van der Waals surface area contributed by atoms with Gasteiger partial charge in [0, 0.05) is 24.7 Å². The Kier molecular flexibility index (Phi) is 5.91. The number of nitrogens with one attached hydrogen (secondary N) is 1. The molecule has 0 radical (unpaired) electrons. The summed E-state index contributed by atoms with van der Waals surface area (Å²) in [7, 11) is -3.82. The molecule has 9 heteroatoms. The van der Waals surface area contributed by atoms with Crippen LogP contribution in [0.5, 0.6) is 0 Å². The molecule has 2 rings (SSSR count). The Labute approximate surface area is 135 Å². The average molecular weight is 350 g/mol. The van der Waals surface area contributed by atoms with E-state index in [0.717, 1.165) is 18.9 Å². The van der Waals surface area contributed by atoms with Crippen LogP contribution in [0.2, 0.25) is 0 Å². The van der Waals surface area contributed by atoms with Crippen LogP contribution in [0.4, 0.5) is 5.69 Å². The third kappa shape index (κ3) is 3.95. The van der Waals surface area contributed by atoms with Crippen LogP contribution in [0.25, 0.3) is 0 Å². The number of hydrogen-bond donors (Lipinski definition) is 2. The SMILES string of the molecule is Cc1cc([N+](=O)[O-])cc(S(=O)(=O)NC(CN)C2CC2)c1C.Cl. The van der Waals surface area contributed by atoms with Crippen LogP contribution in [0.3, 0.4) is 0 Å². The molecule has 1 aliphatic carbocycles. The van der Waals surface area contributed by atoms with Gasteiger partial charge >= 0.3 is 0 Å². The number of non-ortho nitro benzene ring substituents is 1. The van der Waals surface area contributed by atoms with Crippen LogP contribution in [0, 0.1) is 29.9 Å². The van der Waals surface area contributed by atoms with Gasteiger partial charge in [-0.1, -0.05) is 0 Å². The minimum absolute atomic E-state index is 0. The molecule has 1 saturated carbocycles. The number of nitro groups is 1. The smallest absolute Gasteiger partial charge is 0.271 e. The van der Waals surface area contributed by atoms with Gasteiger partial charge in [-0.25, -0.2) is 13.1 Å². The lowest BCUT2D eigenvalue weighted by Gasteiger charge is -2.17. The molecule has 1 aromatic carbocycles. The lowest BCUT2D eigenvalue weighted by Crippen LogP contribution is -2.41. The summed E-state index contributed by atoms with van der Waals surface area (Å²) in [5.41, 5.74) is 6.47. The number of nitro benzene ring substituents is 1. The Morgan fingerprint density at radius 1 is 1.41 bits per heavy atom. The van der Waals surface area contributed by atoms with E-state index in [0.29, 0.717) is 11.1 Å². The maximum absolute atomic E-state index is 12.5. The number of nitrogens with two attached hydrogens (primary N) is 1. The number of rotatable bonds is 6. The number of benzene rings is 1. The van der Waals surface area contributed by atoms with Gasteiger partial charge in [-0.3, -0.25) is 10.1 Å². The molecular formula is C13H20ClN3O4S. The zero-order chi connectivity index (χ0) is 15.8. The van der Waals surface area contributed by atoms with Crippen LogP contribution in [0.15, 0.2) is 17.0 Å². The fraction of sp³-hybridized carbons (Fsp3) is 0.538. The number of sulfonamides is 1. The van der Waals surface area contributed by atoms with Gasteiger partial charge in [-0.15, -0.1) is 12.4 Å². The number of nitrogens with zero attached hydrogens (tertiary/aromatic N) is 1. The molecule has 1 unspecified atom stereocenters. The van der Waals surface area contributed by atoms with Crippen molar-refractivity contribution in [3.8, 4) is 0 Å². The van der Waals surface area contributed by atoms with E-state index in [1.54, 1.807) is 13.8 Å². The Morgan fingerprint density at radius 3 is 2.45 bits per heavy atom. The van der Waals surface area contributed by atoms with Gasteiger partial charge in [0.2, 0.25) is 10.0 Å². The molecule has 3 N–H and O–H groups in total. The molecule has 7 nitrogen and oxygen atoms in total. The molecule has 1 atom stereocenters. The first-order chi connectivity index (χ1) is 9.76. The van der Waals surface area contributed by atoms with Gasteiger partial charge in [-0.2, -0.15) is 0 Å². The van der Waals surface area contributed by atoms with Crippen molar-refractivity contribution in [1.82, 2.24) is 4.72 Å². The molecular weight excluding hydrogens is 330 g/mol. The molecule has 0 spiro atoms. The zero-order valence-electron chi connectivity index (χ0n) is 12.4. The molecule has 0 amide bonds. The second-order valence-electron chi connectivity index (χ2n) is 5.44. The highest BCUT2D eigenvalue weighted by Gasteiger charge is 2.34. The van der Waals surface area contributed by atoms with Crippen molar-refractivity contribution in [1.29, 1.82) is 0 Å². The predicted molar refractivity (Wildman–Crippen MR) is 85.7 cm³/mol. The summed E-state index contributed by atoms with van der Waals surface area (Å²) in [4.78, 5) is 10.3. The maximum Gasteiger partial charge on any atom is 0.271 e. The van der Waals surface area contributed by atoms with Crippen molar-refractivity contribution in [2.75, 3.05) is 6.54 Å². The van der Waals surface area contributed by atoms with Crippen molar-refractivity contribution >= 4 is 28.1 Å². The monoisotopic (exact) mass is 349 g/mol. The number of halogens is 1. The second kappa shape index (κ2) is 6.91. The normalized spacial score (nSPS) is 16.0. The first-order valence-electron chi connectivity index (χ1n) is 6.74. The van der Waals surface area contributed by atoms with Crippen molar-refractivity contribution < 1.29 is 13.3 Å². The number of hydrogen-bond acceptors (Lipinski definition) is 5. The summed E-state index contributed by atoms with van der Waals surface area (Å²) >= 11 is 0. The summed E-state index contributed by atoms with van der Waals surface area (Å²) in [6, 6.07) is 2.16. The van der Waals surface area contributed by atoms with Gasteiger partial charge in [-0.05, 0) is 43.7 Å². The minimum Gasteiger partial charge on any atom is -0.329 e. The largest absolute Gasteiger partial charge is 0.329 e. The van der Waals surface area contributed by atoms with Gasteiger partial charge in [0.25, 0.3) is 5.69 Å². The fourth-order valence-electron chi connectivity index (χ4n) is 2.29. The highest BCUT2D eigenvalue weighted by atomic mass is 35.5. The Balaban J connectivity index is 0.00000242.